The number of hydrogen-bond donors (Lipinski definition) is 2. The second-order valence-corrected chi connectivity index (χ2v) is 3.02. The van der Waals surface area contributed by atoms with Gasteiger partial charge in [-0.1, -0.05) is 18.2 Å². The molecule has 0 aliphatic heterocycles. The van der Waals surface area contributed by atoms with Crippen molar-refractivity contribution in [2.45, 2.75) is 13.5 Å². The Morgan fingerprint density at radius 1 is 1.50 bits per heavy atom. The topological polar surface area (TPSA) is 57.5 Å². The van der Waals surface area contributed by atoms with Gasteiger partial charge in [-0.15, -0.1) is 0 Å². The van der Waals surface area contributed by atoms with E-state index in [9.17, 15) is 4.79 Å². The summed E-state index contributed by atoms with van der Waals surface area (Å²) in [7, 11) is 0. The third kappa shape index (κ3) is 2.71. The monoisotopic (exact) mass is 192 g/mol. The van der Waals surface area contributed by atoms with Crippen molar-refractivity contribution in [3.63, 3.8) is 0 Å². The molecule has 0 spiro atoms. The number of benzene rings is 1. The number of aliphatic carboxylic acids is 1. The number of carboxylic acids is 1. The van der Waals surface area contributed by atoms with E-state index in [0.29, 0.717) is 0 Å². The number of aryl methyl sites for hydroxylation is 1. The van der Waals surface area contributed by atoms with Gasteiger partial charge in [0, 0.05) is 6.08 Å². The average molecular weight is 192 g/mol. The second kappa shape index (κ2) is 4.58. The zero-order valence-electron chi connectivity index (χ0n) is 7.90. The molecule has 1 aromatic carbocycles. The fourth-order valence-electron chi connectivity index (χ4n) is 1.17. The van der Waals surface area contributed by atoms with Crippen LogP contribution in [0.4, 0.5) is 0 Å². The van der Waals surface area contributed by atoms with Crippen LogP contribution in [0.5, 0.6) is 0 Å². The van der Waals surface area contributed by atoms with Crippen molar-refractivity contribution in [3.8, 4) is 0 Å². The third-order valence-corrected chi connectivity index (χ3v) is 1.96. The molecule has 0 unspecified atom stereocenters. The van der Waals surface area contributed by atoms with Crippen molar-refractivity contribution < 1.29 is 15.0 Å². The van der Waals surface area contributed by atoms with Gasteiger partial charge in [0.2, 0.25) is 0 Å². The number of hydrogen-bond acceptors (Lipinski definition) is 2. The first-order valence-electron chi connectivity index (χ1n) is 4.25. The van der Waals surface area contributed by atoms with Crippen LogP contribution < -0.4 is 0 Å². The fourth-order valence-corrected chi connectivity index (χ4v) is 1.17. The lowest BCUT2D eigenvalue weighted by Crippen LogP contribution is -1.89. The Labute approximate surface area is 82.3 Å². The molecular weight excluding hydrogens is 180 g/mol. The molecule has 3 heteroatoms. The largest absolute Gasteiger partial charge is 0.478 e. The molecule has 0 aliphatic carbocycles. The molecule has 2 N–H and O–H groups in total. The molecule has 0 atom stereocenters. The maximum atomic E-state index is 10.3. The Morgan fingerprint density at radius 3 is 2.71 bits per heavy atom. The van der Waals surface area contributed by atoms with Crippen LogP contribution >= 0.6 is 0 Å². The summed E-state index contributed by atoms with van der Waals surface area (Å²) >= 11 is 0. The Hall–Kier alpha value is -1.61. The van der Waals surface area contributed by atoms with Gasteiger partial charge in [-0.3, -0.25) is 0 Å². The molecule has 0 saturated carbocycles. The van der Waals surface area contributed by atoms with Gasteiger partial charge in [-0.05, 0) is 29.7 Å². The first-order chi connectivity index (χ1) is 6.63. The summed E-state index contributed by atoms with van der Waals surface area (Å²) in [6.07, 6.45) is 2.61. The molecule has 0 fully saturated rings. The highest BCUT2D eigenvalue weighted by molar-refractivity contribution is 5.85. The van der Waals surface area contributed by atoms with Crippen LogP contribution in [0.15, 0.2) is 24.3 Å². The first-order valence-corrected chi connectivity index (χ1v) is 4.25. The smallest absolute Gasteiger partial charge is 0.328 e. The van der Waals surface area contributed by atoms with E-state index >= 15 is 0 Å². The molecule has 74 valence electrons. The van der Waals surface area contributed by atoms with E-state index in [-0.39, 0.29) is 6.61 Å². The normalized spacial score (nSPS) is 10.7. The van der Waals surface area contributed by atoms with Crippen LogP contribution in [-0.2, 0) is 11.4 Å². The summed E-state index contributed by atoms with van der Waals surface area (Å²) in [6, 6.07) is 5.40. The standard InChI is InChI=1S/C11H12O3/c1-8-6-9(3-5-11(13)14)2-4-10(8)7-12/h2-6,12H,7H2,1H3,(H,13,14)/b5-3+. The van der Waals surface area contributed by atoms with Gasteiger partial charge in [-0.2, -0.15) is 0 Å². The van der Waals surface area contributed by atoms with Gasteiger partial charge in [0.1, 0.15) is 0 Å². The number of carboxylic acid groups (broad SMARTS) is 1. The van der Waals surface area contributed by atoms with Crippen LogP contribution in [0.2, 0.25) is 0 Å². The second-order valence-electron chi connectivity index (χ2n) is 3.02. The Kier molecular flexibility index (Phi) is 3.42. The highest BCUT2D eigenvalue weighted by Gasteiger charge is 1.96. The number of aliphatic hydroxyl groups excluding tert-OH is 1. The minimum atomic E-state index is -0.964. The summed E-state index contributed by atoms with van der Waals surface area (Å²) in [6.45, 7) is 1.89. The number of aliphatic hydroxyl groups is 1. The number of carbonyl (C=O) groups is 1. The Bertz CT molecular complexity index is 367. The van der Waals surface area contributed by atoms with E-state index < -0.39 is 5.97 Å². The van der Waals surface area contributed by atoms with Gasteiger partial charge < -0.3 is 10.2 Å². The highest BCUT2D eigenvalue weighted by Crippen LogP contribution is 2.12. The lowest BCUT2D eigenvalue weighted by atomic mass is 10.1. The molecule has 0 radical (unpaired) electrons. The van der Waals surface area contributed by atoms with Crippen LogP contribution in [-0.4, -0.2) is 16.2 Å². The van der Waals surface area contributed by atoms with E-state index in [1.54, 1.807) is 12.1 Å². The minimum absolute atomic E-state index is 0.00869. The van der Waals surface area contributed by atoms with Gasteiger partial charge in [0.25, 0.3) is 0 Å². The van der Waals surface area contributed by atoms with E-state index in [1.807, 2.05) is 13.0 Å². The van der Waals surface area contributed by atoms with E-state index in [4.69, 9.17) is 10.2 Å². The zero-order chi connectivity index (χ0) is 10.6. The predicted molar refractivity (Wildman–Crippen MR) is 53.8 cm³/mol. The van der Waals surface area contributed by atoms with Gasteiger partial charge in [0.05, 0.1) is 6.61 Å². The Morgan fingerprint density at radius 2 is 2.21 bits per heavy atom. The van der Waals surface area contributed by atoms with Crippen molar-refractivity contribution >= 4 is 12.0 Å². The molecule has 0 amide bonds. The molecule has 0 bridgehead atoms. The van der Waals surface area contributed by atoms with Gasteiger partial charge in [0.15, 0.2) is 0 Å². The minimum Gasteiger partial charge on any atom is -0.478 e. The lowest BCUT2D eigenvalue weighted by Gasteiger charge is -2.02. The van der Waals surface area contributed by atoms with Crippen LogP contribution in [0.3, 0.4) is 0 Å². The van der Waals surface area contributed by atoms with Crippen molar-refractivity contribution in [2.75, 3.05) is 0 Å². The molecule has 1 aromatic rings. The maximum Gasteiger partial charge on any atom is 0.328 e. The first kappa shape index (κ1) is 10.5. The Balaban J connectivity index is 2.91. The summed E-state index contributed by atoms with van der Waals surface area (Å²) in [5.74, 6) is -0.964. The summed E-state index contributed by atoms with van der Waals surface area (Å²) in [4.78, 5) is 10.3. The maximum absolute atomic E-state index is 10.3. The molecule has 0 aromatic heterocycles. The van der Waals surface area contributed by atoms with E-state index in [0.717, 1.165) is 22.8 Å². The molecule has 3 nitrogen and oxygen atoms in total. The molecule has 1 rings (SSSR count). The van der Waals surface area contributed by atoms with Crippen molar-refractivity contribution in [1.82, 2.24) is 0 Å². The van der Waals surface area contributed by atoms with Crippen molar-refractivity contribution in [2.24, 2.45) is 0 Å². The predicted octanol–water partition coefficient (Wildman–Crippen LogP) is 1.59. The van der Waals surface area contributed by atoms with Crippen molar-refractivity contribution in [3.05, 3.63) is 41.0 Å². The highest BCUT2D eigenvalue weighted by atomic mass is 16.4. The van der Waals surface area contributed by atoms with Gasteiger partial charge >= 0.3 is 5.97 Å². The molecule has 0 heterocycles. The van der Waals surface area contributed by atoms with E-state index in [1.165, 1.54) is 6.08 Å². The molecule has 0 aliphatic rings. The zero-order valence-corrected chi connectivity index (χ0v) is 7.90. The molecule has 0 saturated heterocycles. The lowest BCUT2D eigenvalue weighted by molar-refractivity contribution is -0.131. The quantitative estimate of drug-likeness (QED) is 0.715. The van der Waals surface area contributed by atoms with E-state index in [2.05, 4.69) is 0 Å². The summed E-state index contributed by atoms with van der Waals surface area (Å²) in [5, 5.41) is 17.3. The SMILES string of the molecule is Cc1cc(/C=C/C(=O)O)ccc1CO. The average Bonchev–Trinajstić information content (AvgIpc) is 2.15. The van der Waals surface area contributed by atoms with Gasteiger partial charge in [-0.25, -0.2) is 4.79 Å². The summed E-state index contributed by atoms with van der Waals surface area (Å²) in [5.41, 5.74) is 2.64. The molecular formula is C11H12O3. The van der Waals surface area contributed by atoms with Crippen LogP contribution in [0.25, 0.3) is 6.08 Å². The molecule has 14 heavy (non-hydrogen) atoms. The van der Waals surface area contributed by atoms with Crippen LogP contribution in [0, 0.1) is 6.92 Å². The van der Waals surface area contributed by atoms with Crippen molar-refractivity contribution in [1.29, 1.82) is 0 Å². The number of rotatable bonds is 3. The van der Waals surface area contributed by atoms with Crippen LogP contribution in [0.1, 0.15) is 16.7 Å². The third-order valence-electron chi connectivity index (χ3n) is 1.96. The fraction of sp³-hybridized carbons (Fsp3) is 0.182. The summed E-state index contributed by atoms with van der Waals surface area (Å²) < 4.78 is 0.